The summed E-state index contributed by atoms with van der Waals surface area (Å²) >= 11 is 0. The van der Waals surface area contributed by atoms with Gasteiger partial charge in [-0.25, -0.2) is 0 Å². The monoisotopic (exact) mass is 187 g/mol. The average Bonchev–Trinajstić information content (AvgIpc) is 2.06. The zero-order chi connectivity index (χ0) is 10.3. The summed E-state index contributed by atoms with van der Waals surface area (Å²) in [7, 11) is 6.95. The van der Waals surface area contributed by atoms with Crippen molar-refractivity contribution in [3.63, 3.8) is 0 Å². The Bertz CT molecular complexity index is 134. The number of nitrogens with zero attached hydrogens (tertiary/aromatic N) is 1. The van der Waals surface area contributed by atoms with Crippen LogP contribution in [-0.4, -0.2) is 38.1 Å². The maximum Gasteiger partial charge on any atom is 0.0884 e. The van der Waals surface area contributed by atoms with E-state index in [1.165, 1.54) is 36.6 Å². The van der Waals surface area contributed by atoms with Crippen molar-refractivity contribution in [3.8, 4) is 0 Å². The van der Waals surface area contributed by atoms with E-state index in [0.29, 0.717) is 0 Å². The molecule has 0 aliphatic heterocycles. The molecule has 1 rings (SSSR count). The van der Waals surface area contributed by atoms with E-state index in [1.54, 1.807) is 0 Å². The Labute approximate surface area is 80.9 Å². The van der Waals surface area contributed by atoms with E-state index >= 15 is 0 Å². The summed E-state index contributed by atoms with van der Waals surface area (Å²) < 4.78 is 1.17. The smallest absolute Gasteiger partial charge is 0.0884 e. The van der Waals surface area contributed by atoms with Gasteiger partial charge in [0.05, 0.1) is 27.2 Å². The molecule has 78 valence electrons. The Balaban J connectivity index is 0.000000424. The molecular formula is C10H21NO2. The van der Waals surface area contributed by atoms with Gasteiger partial charge in [0.15, 0.2) is 0 Å². The van der Waals surface area contributed by atoms with E-state index in [-0.39, 0.29) is 0 Å². The maximum atomic E-state index is 8.25. The normalized spacial score (nSPS) is 18.7. The van der Waals surface area contributed by atoms with Crippen LogP contribution in [0.2, 0.25) is 0 Å². The average molecular weight is 187 g/mol. The van der Waals surface area contributed by atoms with Crippen LogP contribution in [0.15, 0.2) is 0 Å². The van der Waals surface area contributed by atoms with Gasteiger partial charge in [0, 0.05) is 6.47 Å². The van der Waals surface area contributed by atoms with Gasteiger partial charge in [0.2, 0.25) is 0 Å². The highest BCUT2D eigenvalue weighted by Crippen LogP contribution is 2.23. The molecule has 0 aromatic carbocycles. The molecule has 3 heteroatoms. The number of hydrogen-bond donors (Lipinski definition) is 0. The van der Waals surface area contributed by atoms with Gasteiger partial charge >= 0.3 is 0 Å². The number of quaternary nitrogens is 1. The largest absolute Gasteiger partial charge is 0.554 e. The highest BCUT2D eigenvalue weighted by atomic mass is 16.3. The van der Waals surface area contributed by atoms with Crippen molar-refractivity contribution in [2.75, 3.05) is 21.1 Å². The third kappa shape index (κ3) is 5.64. The lowest BCUT2D eigenvalue weighted by Crippen LogP contribution is -2.45. The van der Waals surface area contributed by atoms with Crippen LogP contribution in [0.3, 0.4) is 0 Å². The van der Waals surface area contributed by atoms with Crippen molar-refractivity contribution in [2.45, 2.75) is 38.1 Å². The first-order valence-corrected chi connectivity index (χ1v) is 4.89. The molecule has 0 atom stereocenters. The molecule has 0 bridgehead atoms. The lowest BCUT2D eigenvalue weighted by Gasteiger charge is -2.36. The van der Waals surface area contributed by atoms with Gasteiger partial charge < -0.3 is 14.4 Å². The summed E-state index contributed by atoms with van der Waals surface area (Å²) in [5.41, 5.74) is 0. The first-order valence-electron chi connectivity index (χ1n) is 4.89. The van der Waals surface area contributed by atoms with E-state index < -0.39 is 6.47 Å². The molecule has 0 saturated heterocycles. The van der Waals surface area contributed by atoms with Crippen LogP contribution in [0.25, 0.3) is 0 Å². The minimum Gasteiger partial charge on any atom is -0.554 e. The number of carbonyl (C=O) groups is 1. The van der Waals surface area contributed by atoms with Gasteiger partial charge in [-0.05, 0) is 25.7 Å². The van der Waals surface area contributed by atoms with Gasteiger partial charge in [-0.15, -0.1) is 0 Å². The van der Waals surface area contributed by atoms with Crippen LogP contribution in [0.4, 0.5) is 0 Å². The van der Waals surface area contributed by atoms with Crippen molar-refractivity contribution < 1.29 is 14.4 Å². The van der Waals surface area contributed by atoms with E-state index in [2.05, 4.69) is 21.1 Å². The molecule has 0 spiro atoms. The van der Waals surface area contributed by atoms with Gasteiger partial charge in [0.25, 0.3) is 0 Å². The predicted molar refractivity (Wildman–Crippen MR) is 51.0 cm³/mol. The van der Waals surface area contributed by atoms with Crippen molar-refractivity contribution in [2.24, 2.45) is 0 Å². The summed E-state index contributed by atoms with van der Waals surface area (Å²) in [4.78, 5) is 8.25. The lowest BCUT2D eigenvalue weighted by molar-refractivity contribution is -0.897. The summed E-state index contributed by atoms with van der Waals surface area (Å²) in [6.07, 6.45) is 7.28. The second kappa shape index (κ2) is 5.97. The first kappa shape index (κ1) is 12.4. The SMILES string of the molecule is C[N+](C)(C)C1CCCCC1.O=C[O-]. The first-order chi connectivity index (χ1) is 6.02. The van der Waals surface area contributed by atoms with Gasteiger partial charge in [-0.3, -0.25) is 0 Å². The minimum absolute atomic E-state index is 0.500. The van der Waals surface area contributed by atoms with E-state index in [9.17, 15) is 0 Å². The van der Waals surface area contributed by atoms with Gasteiger partial charge in [-0.2, -0.15) is 0 Å². The van der Waals surface area contributed by atoms with Crippen LogP contribution >= 0.6 is 0 Å². The van der Waals surface area contributed by atoms with Crippen molar-refractivity contribution >= 4 is 6.47 Å². The fraction of sp³-hybridized carbons (Fsp3) is 0.900. The summed E-state index contributed by atoms with van der Waals surface area (Å²) in [5.74, 6) is 0. The molecule has 0 N–H and O–H groups in total. The Hall–Kier alpha value is -0.570. The van der Waals surface area contributed by atoms with Gasteiger partial charge in [0.1, 0.15) is 0 Å². The van der Waals surface area contributed by atoms with Crippen LogP contribution in [-0.2, 0) is 4.79 Å². The second-order valence-corrected chi connectivity index (χ2v) is 4.50. The van der Waals surface area contributed by atoms with Gasteiger partial charge in [-0.1, -0.05) is 6.42 Å². The molecule has 0 aromatic rings. The second-order valence-electron chi connectivity index (χ2n) is 4.50. The zero-order valence-corrected chi connectivity index (χ0v) is 8.95. The van der Waals surface area contributed by atoms with E-state index in [1.807, 2.05) is 0 Å². The molecule has 0 radical (unpaired) electrons. The fourth-order valence-electron chi connectivity index (χ4n) is 1.86. The number of carboxylic acid groups (broad SMARTS) is 1. The Kier molecular flexibility index (Phi) is 5.71. The number of hydrogen-bond acceptors (Lipinski definition) is 2. The molecule has 0 aromatic heterocycles. The van der Waals surface area contributed by atoms with Crippen LogP contribution < -0.4 is 5.11 Å². The minimum atomic E-state index is -0.500. The molecule has 3 nitrogen and oxygen atoms in total. The zero-order valence-electron chi connectivity index (χ0n) is 8.95. The van der Waals surface area contributed by atoms with Crippen LogP contribution in [0.1, 0.15) is 32.1 Å². The van der Waals surface area contributed by atoms with Crippen LogP contribution in [0.5, 0.6) is 0 Å². The molecule has 13 heavy (non-hydrogen) atoms. The van der Waals surface area contributed by atoms with E-state index in [4.69, 9.17) is 9.90 Å². The molecule has 1 aliphatic carbocycles. The Morgan fingerprint density at radius 2 is 1.54 bits per heavy atom. The Morgan fingerprint density at radius 1 is 1.15 bits per heavy atom. The van der Waals surface area contributed by atoms with Crippen molar-refractivity contribution in [3.05, 3.63) is 0 Å². The van der Waals surface area contributed by atoms with Crippen LogP contribution in [0, 0.1) is 0 Å². The molecule has 0 unspecified atom stereocenters. The standard InChI is InChI=1S/C9H20N.CH2O2/c1-10(2,3)9-7-5-4-6-8-9;2-1-3/h9H,4-8H2,1-3H3;1H,(H,2,3)/q+1;/p-1. The Morgan fingerprint density at radius 3 is 1.77 bits per heavy atom. The predicted octanol–water partition coefficient (Wildman–Crippen LogP) is 0.391. The van der Waals surface area contributed by atoms with Crippen molar-refractivity contribution in [1.29, 1.82) is 0 Å². The number of carbonyl (C=O) groups excluding carboxylic acids is 1. The molecule has 1 saturated carbocycles. The maximum absolute atomic E-state index is 8.25. The third-order valence-corrected chi connectivity index (χ3v) is 2.67. The quantitative estimate of drug-likeness (QED) is 0.440. The summed E-state index contributed by atoms with van der Waals surface area (Å²) in [6, 6.07) is 0.939. The highest BCUT2D eigenvalue weighted by Gasteiger charge is 2.24. The molecule has 1 aliphatic rings. The highest BCUT2D eigenvalue weighted by molar-refractivity contribution is 5.29. The molecule has 0 amide bonds. The topological polar surface area (TPSA) is 40.1 Å². The summed E-state index contributed by atoms with van der Waals surface area (Å²) in [6.45, 7) is -0.500. The number of rotatable bonds is 1. The lowest BCUT2D eigenvalue weighted by atomic mass is 9.94. The third-order valence-electron chi connectivity index (χ3n) is 2.67. The fourth-order valence-corrected chi connectivity index (χ4v) is 1.86. The molecular weight excluding hydrogens is 166 g/mol. The summed E-state index contributed by atoms with van der Waals surface area (Å²) in [5, 5.41) is 8.25. The van der Waals surface area contributed by atoms with E-state index in [0.717, 1.165) is 6.04 Å². The molecule has 0 heterocycles. The molecule has 1 fully saturated rings. The van der Waals surface area contributed by atoms with Crippen molar-refractivity contribution in [1.82, 2.24) is 0 Å².